The lowest BCUT2D eigenvalue weighted by atomic mass is 10.1. The number of nitrogens with zero attached hydrogens (tertiary/aromatic N) is 1. The van der Waals surface area contributed by atoms with Gasteiger partial charge in [-0.15, -0.1) is 0 Å². The van der Waals surface area contributed by atoms with Crippen molar-refractivity contribution in [3.63, 3.8) is 0 Å². The van der Waals surface area contributed by atoms with Crippen LogP contribution in [0, 0.1) is 0 Å². The Hall–Kier alpha value is -1.26. The smallest absolute Gasteiger partial charge is 0.142 e. The molecular weight excluding hydrogens is 228 g/mol. The lowest BCUT2D eigenvalue weighted by Gasteiger charge is -2.33. The Labute approximate surface area is 109 Å². The standard InChI is InChI=1S/C14H24N2O2/c1-14(2,11-17)16(3)9-6-10-18-13-8-5-4-7-12(13)15/h4-5,7-8,17H,6,9-11,15H2,1-3H3. The predicted octanol–water partition coefficient (Wildman–Crippen LogP) is 1.74. The second kappa shape index (κ2) is 6.61. The average Bonchev–Trinajstić information content (AvgIpc) is 2.36. The zero-order valence-electron chi connectivity index (χ0n) is 11.5. The molecule has 0 bridgehead atoms. The van der Waals surface area contributed by atoms with E-state index < -0.39 is 0 Å². The fraction of sp³-hybridized carbons (Fsp3) is 0.571. The summed E-state index contributed by atoms with van der Waals surface area (Å²) >= 11 is 0. The molecule has 1 aromatic carbocycles. The molecule has 0 radical (unpaired) electrons. The number of anilines is 1. The minimum Gasteiger partial charge on any atom is -0.491 e. The number of aliphatic hydroxyl groups is 1. The topological polar surface area (TPSA) is 58.7 Å². The lowest BCUT2D eigenvalue weighted by Crippen LogP contribution is -2.44. The van der Waals surface area contributed by atoms with E-state index in [0.717, 1.165) is 18.7 Å². The highest BCUT2D eigenvalue weighted by Crippen LogP contribution is 2.20. The summed E-state index contributed by atoms with van der Waals surface area (Å²) in [7, 11) is 2.01. The molecule has 0 aliphatic carbocycles. The Balaban J connectivity index is 2.29. The van der Waals surface area contributed by atoms with Crippen molar-refractivity contribution in [2.75, 3.05) is 32.5 Å². The number of aliphatic hydroxyl groups excluding tert-OH is 1. The van der Waals surface area contributed by atoms with Gasteiger partial charge in [0, 0.05) is 12.1 Å². The first-order chi connectivity index (χ1) is 8.47. The predicted molar refractivity (Wildman–Crippen MR) is 74.8 cm³/mol. The zero-order chi connectivity index (χ0) is 13.6. The fourth-order valence-corrected chi connectivity index (χ4v) is 1.52. The number of hydrogen-bond donors (Lipinski definition) is 2. The van der Waals surface area contributed by atoms with Gasteiger partial charge in [-0.2, -0.15) is 0 Å². The Morgan fingerprint density at radius 2 is 2.00 bits per heavy atom. The third-order valence-corrected chi connectivity index (χ3v) is 3.23. The summed E-state index contributed by atoms with van der Waals surface area (Å²) in [6.45, 7) is 5.68. The molecule has 0 heterocycles. The maximum atomic E-state index is 9.25. The van der Waals surface area contributed by atoms with E-state index in [-0.39, 0.29) is 12.1 Å². The molecule has 0 aliphatic heterocycles. The monoisotopic (exact) mass is 252 g/mol. The van der Waals surface area contributed by atoms with Gasteiger partial charge in [-0.3, -0.25) is 4.90 Å². The van der Waals surface area contributed by atoms with Crippen LogP contribution in [0.25, 0.3) is 0 Å². The van der Waals surface area contributed by atoms with E-state index in [2.05, 4.69) is 4.90 Å². The molecule has 0 saturated heterocycles. The average molecular weight is 252 g/mol. The summed E-state index contributed by atoms with van der Waals surface area (Å²) in [4.78, 5) is 2.13. The Morgan fingerprint density at radius 3 is 2.61 bits per heavy atom. The van der Waals surface area contributed by atoms with E-state index in [0.29, 0.717) is 12.3 Å². The molecule has 0 atom stereocenters. The molecule has 0 spiro atoms. The molecule has 3 N–H and O–H groups in total. The minimum absolute atomic E-state index is 0.149. The number of ether oxygens (including phenoxy) is 1. The van der Waals surface area contributed by atoms with E-state index in [4.69, 9.17) is 10.5 Å². The van der Waals surface area contributed by atoms with Crippen molar-refractivity contribution in [1.29, 1.82) is 0 Å². The molecule has 0 amide bonds. The molecule has 0 aromatic heterocycles. The van der Waals surface area contributed by atoms with Gasteiger partial charge >= 0.3 is 0 Å². The van der Waals surface area contributed by atoms with Crippen LogP contribution in [-0.2, 0) is 0 Å². The van der Waals surface area contributed by atoms with Crippen LogP contribution in [0.3, 0.4) is 0 Å². The van der Waals surface area contributed by atoms with Crippen molar-refractivity contribution in [3.05, 3.63) is 24.3 Å². The highest BCUT2D eigenvalue weighted by molar-refractivity contribution is 5.51. The van der Waals surface area contributed by atoms with E-state index in [1.165, 1.54) is 0 Å². The number of benzene rings is 1. The summed E-state index contributed by atoms with van der Waals surface area (Å²) in [5.41, 5.74) is 6.26. The van der Waals surface area contributed by atoms with Gasteiger partial charge in [0.1, 0.15) is 5.75 Å². The van der Waals surface area contributed by atoms with Gasteiger partial charge in [0.25, 0.3) is 0 Å². The Morgan fingerprint density at radius 1 is 1.33 bits per heavy atom. The van der Waals surface area contributed by atoms with Crippen LogP contribution in [0.2, 0.25) is 0 Å². The normalized spacial score (nSPS) is 11.8. The quantitative estimate of drug-likeness (QED) is 0.573. The van der Waals surface area contributed by atoms with Gasteiger partial charge in [0.2, 0.25) is 0 Å². The van der Waals surface area contributed by atoms with Crippen LogP contribution in [0.15, 0.2) is 24.3 Å². The van der Waals surface area contributed by atoms with E-state index in [1.807, 2.05) is 45.2 Å². The maximum Gasteiger partial charge on any atom is 0.142 e. The first kappa shape index (κ1) is 14.8. The first-order valence-electron chi connectivity index (χ1n) is 6.27. The van der Waals surface area contributed by atoms with Crippen molar-refractivity contribution >= 4 is 5.69 Å². The first-order valence-corrected chi connectivity index (χ1v) is 6.27. The van der Waals surface area contributed by atoms with Crippen molar-refractivity contribution in [2.24, 2.45) is 0 Å². The van der Waals surface area contributed by atoms with Crippen LogP contribution in [0.5, 0.6) is 5.75 Å². The largest absolute Gasteiger partial charge is 0.491 e. The van der Waals surface area contributed by atoms with Gasteiger partial charge in [-0.05, 0) is 39.4 Å². The fourth-order valence-electron chi connectivity index (χ4n) is 1.52. The van der Waals surface area contributed by atoms with Gasteiger partial charge in [-0.25, -0.2) is 0 Å². The summed E-state index contributed by atoms with van der Waals surface area (Å²) in [6.07, 6.45) is 0.897. The van der Waals surface area contributed by atoms with Crippen molar-refractivity contribution < 1.29 is 9.84 Å². The third-order valence-electron chi connectivity index (χ3n) is 3.23. The number of rotatable bonds is 7. The summed E-state index contributed by atoms with van der Waals surface area (Å²) in [5, 5.41) is 9.25. The number of likely N-dealkylation sites (N-methyl/N-ethyl adjacent to an activating group) is 1. The third kappa shape index (κ3) is 4.20. The molecule has 102 valence electrons. The molecule has 4 nitrogen and oxygen atoms in total. The molecule has 18 heavy (non-hydrogen) atoms. The molecule has 0 unspecified atom stereocenters. The van der Waals surface area contributed by atoms with Gasteiger partial charge in [0.05, 0.1) is 18.9 Å². The van der Waals surface area contributed by atoms with Crippen LogP contribution in [0.4, 0.5) is 5.69 Å². The van der Waals surface area contributed by atoms with Gasteiger partial charge in [0.15, 0.2) is 0 Å². The van der Waals surface area contributed by atoms with Crippen LogP contribution < -0.4 is 10.5 Å². The molecule has 0 fully saturated rings. The van der Waals surface area contributed by atoms with E-state index >= 15 is 0 Å². The SMILES string of the molecule is CN(CCCOc1ccccc1N)C(C)(C)CO. The van der Waals surface area contributed by atoms with Gasteiger partial charge < -0.3 is 15.6 Å². The Kier molecular flexibility index (Phi) is 5.44. The maximum absolute atomic E-state index is 9.25. The van der Waals surface area contributed by atoms with Crippen LogP contribution in [0.1, 0.15) is 20.3 Å². The van der Waals surface area contributed by atoms with Crippen molar-refractivity contribution in [3.8, 4) is 5.75 Å². The Bertz CT molecular complexity index is 367. The molecule has 0 saturated carbocycles. The van der Waals surface area contributed by atoms with Crippen molar-refractivity contribution in [2.45, 2.75) is 25.8 Å². The second-order valence-corrected chi connectivity index (χ2v) is 5.13. The van der Waals surface area contributed by atoms with Gasteiger partial charge in [-0.1, -0.05) is 12.1 Å². The molecular formula is C14H24N2O2. The molecule has 1 aromatic rings. The summed E-state index contributed by atoms with van der Waals surface area (Å²) in [6, 6.07) is 7.50. The summed E-state index contributed by atoms with van der Waals surface area (Å²) in [5.74, 6) is 0.738. The van der Waals surface area contributed by atoms with Crippen molar-refractivity contribution in [1.82, 2.24) is 4.90 Å². The zero-order valence-corrected chi connectivity index (χ0v) is 11.5. The second-order valence-electron chi connectivity index (χ2n) is 5.13. The highest BCUT2D eigenvalue weighted by Gasteiger charge is 2.21. The number of nitrogens with two attached hydrogens (primary N) is 1. The number of hydrogen-bond acceptors (Lipinski definition) is 4. The van der Waals surface area contributed by atoms with Crippen LogP contribution in [-0.4, -0.2) is 42.4 Å². The van der Waals surface area contributed by atoms with E-state index in [9.17, 15) is 5.11 Å². The van der Waals surface area contributed by atoms with E-state index in [1.54, 1.807) is 0 Å². The highest BCUT2D eigenvalue weighted by atomic mass is 16.5. The molecule has 0 aliphatic rings. The number of nitrogen functional groups attached to an aromatic ring is 1. The number of para-hydroxylation sites is 2. The lowest BCUT2D eigenvalue weighted by molar-refractivity contribution is 0.0748. The molecule has 1 rings (SSSR count). The summed E-state index contributed by atoms with van der Waals surface area (Å²) < 4.78 is 5.62. The minimum atomic E-state index is -0.189. The van der Waals surface area contributed by atoms with Crippen LogP contribution >= 0.6 is 0 Å². The molecule has 4 heteroatoms.